The van der Waals surface area contributed by atoms with Gasteiger partial charge in [0.05, 0.1) is 5.69 Å². The standard InChI is InChI=1S/C15H22N2O4/c1-10(13(18)19)17(14(20)21-15(2,3)4)12-8-6-5-7-11(12)9-16/h5-8,10H,9,16H2,1-4H3,(H,18,19)/t10-/m1/s1. The Balaban J connectivity index is 3.26. The number of nitrogens with zero attached hydrogens (tertiary/aromatic N) is 1. The fourth-order valence-electron chi connectivity index (χ4n) is 1.81. The van der Waals surface area contributed by atoms with Crippen molar-refractivity contribution in [2.75, 3.05) is 4.90 Å². The number of carbonyl (C=O) groups is 2. The lowest BCUT2D eigenvalue weighted by Gasteiger charge is -2.31. The lowest BCUT2D eigenvalue weighted by molar-refractivity contribution is -0.138. The molecular weight excluding hydrogens is 272 g/mol. The van der Waals surface area contributed by atoms with Crippen molar-refractivity contribution in [2.45, 2.75) is 45.9 Å². The molecule has 0 bridgehead atoms. The van der Waals surface area contributed by atoms with Crippen LogP contribution in [0.5, 0.6) is 0 Å². The molecule has 6 heteroatoms. The molecule has 0 spiro atoms. The molecule has 0 fully saturated rings. The van der Waals surface area contributed by atoms with Gasteiger partial charge in [0.15, 0.2) is 0 Å². The third-order valence-electron chi connectivity index (χ3n) is 2.81. The SMILES string of the molecule is C[C@H](C(=O)O)N(C(=O)OC(C)(C)C)c1ccccc1CN. The van der Waals surface area contributed by atoms with Crippen molar-refractivity contribution >= 4 is 17.7 Å². The van der Waals surface area contributed by atoms with Crippen molar-refractivity contribution in [3.8, 4) is 0 Å². The van der Waals surface area contributed by atoms with Crippen LogP contribution in [0.3, 0.4) is 0 Å². The summed E-state index contributed by atoms with van der Waals surface area (Å²) in [5, 5.41) is 9.24. The molecule has 0 aliphatic carbocycles. The van der Waals surface area contributed by atoms with Crippen molar-refractivity contribution in [3.63, 3.8) is 0 Å². The van der Waals surface area contributed by atoms with Crippen molar-refractivity contribution < 1.29 is 19.4 Å². The maximum atomic E-state index is 12.4. The number of hydrogen-bond acceptors (Lipinski definition) is 4. The second kappa shape index (κ2) is 6.58. The molecule has 1 atom stereocenters. The number of ether oxygens (including phenoxy) is 1. The van der Waals surface area contributed by atoms with Gasteiger partial charge in [0.1, 0.15) is 11.6 Å². The summed E-state index contributed by atoms with van der Waals surface area (Å²) in [4.78, 5) is 24.8. The van der Waals surface area contributed by atoms with Crippen LogP contribution in [-0.2, 0) is 16.1 Å². The Hall–Kier alpha value is -2.08. The van der Waals surface area contributed by atoms with Crippen molar-refractivity contribution in [3.05, 3.63) is 29.8 Å². The zero-order valence-electron chi connectivity index (χ0n) is 12.8. The molecule has 0 heterocycles. The second-order valence-corrected chi connectivity index (χ2v) is 5.70. The van der Waals surface area contributed by atoms with E-state index in [9.17, 15) is 14.7 Å². The predicted molar refractivity (Wildman–Crippen MR) is 80.1 cm³/mol. The smallest absolute Gasteiger partial charge is 0.415 e. The molecule has 0 aliphatic rings. The molecular formula is C15H22N2O4. The van der Waals surface area contributed by atoms with E-state index in [0.29, 0.717) is 11.3 Å². The Labute approximate surface area is 124 Å². The Morgan fingerprint density at radius 1 is 1.33 bits per heavy atom. The summed E-state index contributed by atoms with van der Waals surface area (Å²) in [5.74, 6) is -1.12. The van der Waals surface area contributed by atoms with Crippen LogP contribution < -0.4 is 10.6 Å². The molecule has 1 aromatic rings. The summed E-state index contributed by atoms with van der Waals surface area (Å²) in [7, 11) is 0. The van der Waals surface area contributed by atoms with E-state index in [0.717, 1.165) is 4.90 Å². The molecule has 0 aliphatic heterocycles. The van der Waals surface area contributed by atoms with E-state index in [1.165, 1.54) is 6.92 Å². The number of carboxylic acids is 1. The number of benzene rings is 1. The Morgan fingerprint density at radius 2 is 1.90 bits per heavy atom. The largest absolute Gasteiger partial charge is 0.480 e. The first-order chi connectivity index (χ1) is 9.67. The number of aliphatic carboxylic acids is 1. The third kappa shape index (κ3) is 4.46. The van der Waals surface area contributed by atoms with E-state index in [-0.39, 0.29) is 6.54 Å². The van der Waals surface area contributed by atoms with E-state index in [2.05, 4.69) is 0 Å². The van der Waals surface area contributed by atoms with E-state index in [1.807, 2.05) is 0 Å². The molecule has 1 rings (SSSR count). The number of carbonyl (C=O) groups excluding carboxylic acids is 1. The summed E-state index contributed by atoms with van der Waals surface area (Å²) in [6, 6.07) is 5.85. The van der Waals surface area contributed by atoms with Gasteiger partial charge >= 0.3 is 12.1 Å². The van der Waals surface area contributed by atoms with Gasteiger partial charge in [-0.2, -0.15) is 0 Å². The Bertz CT molecular complexity index is 523. The Morgan fingerprint density at radius 3 is 2.38 bits per heavy atom. The number of carboxylic acid groups (broad SMARTS) is 1. The van der Waals surface area contributed by atoms with Crippen molar-refractivity contribution in [1.29, 1.82) is 0 Å². The maximum Gasteiger partial charge on any atom is 0.415 e. The molecule has 116 valence electrons. The zero-order chi connectivity index (χ0) is 16.2. The van der Waals surface area contributed by atoms with Crippen LogP contribution in [0.4, 0.5) is 10.5 Å². The number of hydrogen-bond donors (Lipinski definition) is 2. The molecule has 3 N–H and O–H groups in total. The van der Waals surface area contributed by atoms with Crippen LogP contribution in [-0.4, -0.2) is 28.8 Å². The predicted octanol–water partition coefficient (Wildman–Crippen LogP) is 2.36. The molecule has 0 aromatic heterocycles. The maximum absolute atomic E-state index is 12.4. The fourth-order valence-corrected chi connectivity index (χ4v) is 1.81. The molecule has 0 unspecified atom stereocenters. The average Bonchev–Trinajstić information content (AvgIpc) is 2.37. The number of para-hydroxylation sites is 1. The van der Waals surface area contributed by atoms with Gasteiger partial charge in [-0.3, -0.25) is 4.90 Å². The molecule has 1 amide bonds. The van der Waals surface area contributed by atoms with Gasteiger partial charge in [-0.25, -0.2) is 9.59 Å². The molecule has 0 saturated heterocycles. The van der Waals surface area contributed by atoms with Crippen LogP contribution in [0.2, 0.25) is 0 Å². The first kappa shape index (κ1) is 17.0. The first-order valence-electron chi connectivity index (χ1n) is 6.70. The highest BCUT2D eigenvalue weighted by Gasteiger charge is 2.32. The van der Waals surface area contributed by atoms with Crippen molar-refractivity contribution in [2.24, 2.45) is 5.73 Å². The summed E-state index contributed by atoms with van der Waals surface area (Å²) >= 11 is 0. The van der Waals surface area contributed by atoms with Gasteiger partial charge in [0.25, 0.3) is 0 Å². The van der Waals surface area contributed by atoms with Crippen LogP contribution in [0.1, 0.15) is 33.3 Å². The summed E-state index contributed by atoms with van der Waals surface area (Å²) in [5.41, 5.74) is 6.07. The van der Waals surface area contributed by atoms with Crippen LogP contribution in [0, 0.1) is 0 Å². The highest BCUT2D eigenvalue weighted by Crippen LogP contribution is 2.25. The number of nitrogens with two attached hydrogens (primary N) is 1. The molecule has 0 radical (unpaired) electrons. The van der Waals surface area contributed by atoms with Gasteiger partial charge in [-0.1, -0.05) is 18.2 Å². The highest BCUT2D eigenvalue weighted by molar-refractivity contribution is 5.95. The van der Waals surface area contributed by atoms with Crippen LogP contribution in [0.25, 0.3) is 0 Å². The van der Waals surface area contributed by atoms with Crippen LogP contribution in [0.15, 0.2) is 24.3 Å². The minimum absolute atomic E-state index is 0.196. The lowest BCUT2D eigenvalue weighted by atomic mass is 10.1. The number of amides is 1. The quantitative estimate of drug-likeness (QED) is 0.889. The van der Waals surface area contributed by atoms with Gasteiger partial charge < -0.3 is 15.6 Å². The van der Waals surface area contributed by atoms with Crippen molar-refractivity contribution in [1.82, 2.24) is 0 Å². The topological polar surface area (TPSA) is 92.9 Å². The zero-order valence-corrected chi connectivity index (χ0v) is 12.8. The van der Waals surface area contributed by atoms with Gasteiger partial charge in [-0.05, 0) is 39.3 Å². The van der Waals surface area contributed by atoms with Gasteiger partial charge in [-0.15, -0.1) is 0 Å². The second-order valence-electron chi connectivity index (χ2n) is 5.70. The summed E-state index contributed by atoms with van der Waals surface area (Å²) in [6.45, 7) is 6.80. The minimum Gasteiger partial charge on any atom is -0.480 e. The Kier molecular flexibility index (Phi) is 5.32. The third-order valence-corrected chi connectivity index (χ3v) is 2.81. The number of rotatable bonds is 4. The monoisotopic (exact) mass is 294 g/mol. The fraction of sp³-hybridized carbons (Fsp3) is 0.467. The van der Waals surface area contributed by atoms with E-state index < -0.39 is 23.7 Å². The first-order valence-corrected chi connectivity index (χ1v) is 6.70. The molecule has 0 saturated carbocycles. The average molecular weight is 294 g/mol. The molecule has 1 aromatic carbocycles. The minimum atomic E-state index is -1.12. The summed E-state index contributed by atoms with van der Waals surface area (Å²) in [6.07, 6.45) is -0.710. The molecule has 6 nitrogen and oxygen atoms in total. The van der Waals surface area contributed by atoms with E-state index in [4.69, 9.17) is 10.5 Å². The van der Waals surface area contributed by atoms with E-state index in [1.54, 1.807) is 45.0 Å². The number of anilines is 1. The lowest BCUT2D eigenvalue weighted by Crippen LogP contribution is -2.46. The highest BCUT2D eigenvalue weighted by atomic mass is 16.6. The molecule has 21 heavy (non-hydrogen) atoms. The van der Waals surface area contributed by atoms with Crippen LogP contribution >= 0.6 is 0 Å². The van der Waals surface area contributed by atoms with E-state index >= 15 is 0 Å². The van der Waals surface area contributed by atoms with Gasteiger partial charge in [0, 0.05) is 6.54 Å². The summed E-state index contributed by atoms with van der Waals surface area (Å²) < 4.78 is 5.31. The normalized spacial score (nSPS) is 12.6. The van der Waals surface area contributed by atoms with Gasteiger partial charge in [0.2, 0.25) is 0 Å².